The number of benzene rings is 1. The number of esters is 1. The van der Waals surface area contributed by atoms with Gasteiger partial charge in [-0.1, -0.05) is 38.0 Å². The maximum Gasteiger partial charge on any atom is 0.302 e. The highest BCUT2D eigenvalue weighted by Crippen LogP contribution is 2.39. The highest BCUT2D eigenvalue weighted by atomic mass is 16.5. The van der Waals surface area contributed by atoms with Crippen LogP contribution in [0.1, 0.15) is 63.9 Å². The fourth-order valence-electron chi connectivity index (χ4n) is 3.05. The van der Waals surface area contributed by atoms with Crippen LogP contribution < -0.4 is 4.74 Å². The number of unbranched alkanes of at least 4 members (excludes halogenated alkanes) is 1. The second-order valence-corrected chi connectivity index (χ2v) is 5.78. The Kier molecular flexibility index (Phi) is 6.09. The molecule has 0 aromatic heterocycles. The van der Waals surface area contributed by atoms with Crippen LogP contribution in [0.15, 0.2) is 24.3 Å². The van der Waals surface area contributed by atoms with E-state index in [1.54, 1.807) is 0 Å². The van der Waals surface area contributed by atoms with Gasteiger partial charge in [0.15, 0.2) is 0 Å². The minimum absolute atomic E-state index is 0.00725. The lowest BCUT2D eigenvalue weighted by atomic mass is 9.81. The van der Waals surface area contributed by atoms with Crippen LogP contribution in [0.5, 0.6) is 5.75 Å². The Morgan fingerprint density at radius 1 is 1.24 bits per heavy atom. The molecule has 21 heavy (non-hydrogen) atoms. The van der Waals surface area contributed by atoms with Gasteiger partial charge in [-0.05, 0) is 31.7 Å². The molecule has 0 saturated heterocycles. The van der Waals surface area contributed by atoms with Crippen LogP contribution in [0.4, 0.5) is 0 Å². The summed E-state index contributed by atoms with van der Waals surface area (Å²) >= 11 is 0. The van der Waals surface area contributed by atoms with E-state index in [9.17, 15) is 4.79 Å². The quantitative estimate of drug-likeness (QED) is 0.573. The van der Waals surface area contributed by atoms with E-state index in [4.69, 9.17) is 9.47 Å². The van der Waals surface area contributed by atoms with E-state index in [0.717, 1.165) is 44.5 Å². The van der Waals surface area contributed by atoms with Gasteiger partial charge in [0.1, 0.15) is 11.9 Å². The molecule has 0 amide bonds. The molecule has 3 nitrogen and oxygen atoms in total. The van der Waals surface area contributed by atoms with Crippen molar-refractivity contribution >= 4 is 5.97 Å². The van der Waals surface area contributed by atoms with Crippen molar-refractivity contribution in [2.45, 2.75) is 64.4 Å². The van der Waals surface area contributed by atoms with Gasteiger partial charge in [0, 0.05) is 18.4 Å². The summed E-state index contributed by atoms with van der Waals surface area (Å²) in [5.41, 5.74) is 1.19. The summed E-state index contributed by atoms with van der Waals surface area (Å²) in [7, 11) is 0. The SMILES string of the molecule is CCCCOc1ccccc1[C@H]1CCCC[C@@H]1OC(C)=O. The molecule has 0 spiro atoms. The van der Waals surface area contributed by atoms with Gasteiger partial charge in [0.2, 0.25) is 0 Å². The van der Waals surface area contributed by atoms with Crippen molar-refractivity contribution in [1.29, 1.82) is 0 Å². The first-order chi connectivity index (χ1) is 10.2. The molecule has 2 rings (SSSR count). The maximum absolute atomic E-state index is 11.3. The van der Waals surface area contributed by atoms with Crippen LogP contribution in [-0.2, 0) is 9.53 Å². The molecule has 0 bridgehead atoms. The van der Waals surface area contributed by atoms with Gasteiger partial charge in [-0.3, -0.25) is 4.79 Å². The van der Waals surface area contributed by atoms with Crippen LogP contribution in [-0.4, -0.2) is 18.7 Å². The van der Waals surface area contributed by atoms with E-state index in [-0.39, 0.29) is 18.0 Å². The molecule has 1 aromatic rings. The Labute approximate surface area is 127 Å². The lowest BCUT2D eigenvalue weighted by Crippen LogP contribution is -2.28. The third kappa shape index (κ3) is 4.48. The first-order valence-electron chi connectivity index (χ1n) is 8.11. The van der Waals surface area contributed by atoms with Crippen molar-refractivity contribution in [2.75, 3.05) is 6.61 Å². The third-order valence-corrected chi connectivity index (χ3v) is 4.09. The molecule has 2 atom stereocenters. The van der Waals surface area contributed by atoms with Crippen molar-refractivity contribution in [1.82, 2.24) is 0 Å². The average molecular weight is 290 g/mol. The van der Waals surface area contributed by atoms with Crippen LogP contribution in [0.3, 0.4) is 0 Å². The zero-order chi connectivity index (χ0) is 15.1. The van der Waals surface area contributed by atoms with E-state index in [1.807, 2.05) is 18.2 Å². The van der Waals surface area contributed by atoms with E-state index >= 15 is 0 Å². The molecule has 1 fully saturated rings. The van der Waals surface area contributed by atoms with Crippen molar-refractivity contribution in [3.63, 3.8) is 0 Å². The number of hydrogen-bond acceptors (Lipinski definition) is 3. The lowest BCUT2D eigenvalue weighted by molar-refractivity contribution is -0.148. The van der Waals surface area contributed by atoms with E-state index in [1.165, 1.54) is 18.9 Å². The van der Waals surface area contributed by atoms with Gasteiger partial charge >= 0.3 is 5.97 Å². The van der Waals surface area contributed by atoms with Gasteiger partial charge in [0.05, 0.1) is 6.61 Å². The first-order valence-corrected chi connectivity index (χ1v) is 8.11. The lowest BCUT2D eigenvalue weighted by Gasteiger charge is -2.32. The van der Waals surface area contributed by atoms with E-state index < -0.39 is 0 Å². The number of para-hydroxylation sites is 1. The summed E-state index contributed by atoms with van der Waals surface area (Å²) in [6.45, 7) is 4.40. The minimum Gasteiger partial charge on any atom is -0.493 e. The minimum atomic E-state index is -0.184. The molecule has 1 aromatic carbocycles. The summed E-state index contributed by atoms with van der Waals surface area (Å²) in [6.07, 6.45) is 6.51. The highest BCUT2D eigenvalue weighted by Gasteiger charge is 2.30. The monoisotopic (exact) mass is 290 g/mol. The standard InChI is InChI=1S/C18H26O3/c1-3-4-13-20-17-11-7-5-9-15(17)16-10-6-8-12-18(16)21-14(2)19/h5,7,9,11,16,18H,3-4,6,8,10,12-13H2,1-2H3/t16-,18+/m1/s1. The predicted octanol–water partition coefficient (Wildman–Crippen LogP) is 4.45. The zero-order valence-electron chi connectivity index (χ0n) is 13.1. The zero-order valence-corrected chi connectivity index (χ0v) is 13.1. The first kappa shape index (κ1) is 15.9. The number of hydrogen-bond donors (Lipinski definition) is 0. The molecule has 1 aliphatic carbocycles. The van der Waals surface area contributed by atoms with Crippen molar-refractivity contribution in [3.05, 3.63) is 29.8 Å². The molecular weight excluding hydrogens is 264 g/mol. The Balaban J connectivity index is 2.15. The summed E-state index contributed by atoms with van der Waals surface area (Å²) in [6, 6.07) is 8.20. The normalized spacial score (nSPS) is 21.8. The van der Waals surface area contributed by atoms with Crippen LogP contribution >= 0.6 is 0 Å². The van der Waals surface area contributed by atoms with Gasteiger partial charge in [-0.25, -0.2) is 0 Å². The highest BCUT2D eigenvalue weighted by molar-refractivity contribution is 5.66. The van der Waals surface area contributed by atoms with Crippen LogP contribution in [0.2, 0.25) is 0 Å². The van der Waals surface area contributed by atoms with Gasteiger partial charge in [-0.2, -0.15) is 0 Å². The molecule has 1 saturated carbocycles. The summed E-state index contributed by atoms with van der Waals surface area (Å²) in [5, 5.41) is 0. The van der Waals surface area contributed by atoms with Gasteiger partial charge < -0.3 is 9.47 Å². The summed E-state index contributed by atoms with van der Waals surface area (Å²) in [5.74, 6) is 1.03. The maximum atomic E-state index is 11.3. The molecule has 0 radical (unpaired) electrons. The Hall–Kier alpha value is -1.51. The van der Waals surface area contributed by atoms with E-state index in [0.29, 0.717) is 0 Å². The van der Waals surface area contributed by atoms with Gasteiger partial charge in [-0.15, -0.1) is 0 Å². The molecule has 116 valence electrons. The molecule has 3 heteroatoms. The largest absolute Gasteiger partial charge is 0.493 e. The molecule has 0 unspecified atom stereocenters. The molecule has 0 aliphatic heterocycles. The Morgan fingerprint density at radius 2 is 2.00 bits per heavy atom. The third-order valence-electron chi connectivity index (χ3n) is 4.09. The van der Waals surface area contributed by atoms with Crippen LogP contribution in [0, 0.1) is 0 Å². The number of carbonyl (C=O) groups is 1. The molecule has 1 aliphatic rings. The Morgan fingerprint density at radius 3 is 2.76 bits per heavy atom. The van der Waals surface area contributed by atoms with Crippen molar-refractivity contribution < 1.29 is 14.3 Å². The number of ether oxygens (including phenoxy) is 2. The molecule has 0 heterocycles. The van der Waals surface area contributed by atoms with Crippen LogP contribution in [0.25, 0.3) is 0 Å². The second-order valence-electron chi connectivity index (χ2n) is 5.78. The average Bonchev–Trinajstić information content (AvgIpc) is 2.48. The fourth-order valence-corrected chi connectivity index (χ4v) is 3.05. The van der Waals surface area contributed by atoms with Gasteiger partial charge in [0.25, 0.3) is 0 Å². The second kappa shape index (κ2) is 8.06. The summed E-state index contributed by atoms with van der Waals surface area (Å²) < 4.78 is 11.5. The molecule has 0 N–H and O–H groups in total. The molecular formula is C18H26O3. The van der Waals surface area contributed by atoms with E-state index in [2.05, 4.69) is 13.0 Å². The Bertz CT molecular complexity index is 456. The number of carbonyl (C=O) groups excluding carboxylic acids is 1. The van der Waals surface area contributed by atoms with Crippen molar-refractivity contribution in [2.24, 2.45) is 0 Å². The van der Waals surface area contributed by atoms with Crippen molar-refractivity contribution in [3.8, 4) is 5.75 Å². The smallest absolute Gasteiger partial charge is 0.302 e. The predicted molar refractivity (Wildman–Crippen MR) is 83.6 cm³/mol. The topological polar surface area (TPSA) is 35.5 Å². The number of rotatable bonds is 6. The summed E-state index contributed by atoms with van der Waals surface area (Å²) in [4.78, 5) is 11.3. The fraction of sp³-hybridized carbons (Fsp3) is 0.611.